The van der Waals surface area contributed by atoms with Crippen molar-refractivity contribution >= 4 is 5.97 Å². The molecule has 64 valence electrons. The Balaban J connectivity index is 2.64. The van der Waals surface area contributed by atoms with E-state index >= 15 is 0 Å². The second-order valence-electron chi connectivity index (χ2n) is 3.28. The van der Waals surface area contributed by atoms with E-state index in [0.29, 0.717) is 0 Å². The number of ether oxygens (including phenoxy) is 1. The minimum atomic E-state index is -0.452. The smallest absolute Gasteiger partial charge is 0.326 e. The number of cyclic esters (lactones) is 1. The summed E-state index contributed by atoms with van der Waals surface area (Å²) in [4.78, 5) is 11.3. The van der Waals surface area contributed by atoms with Gasteiger partial charge in [0.25, 0.3) is 0 Å². The molecule has 1 aliphatic heterocycles. The van der Waals surface area contributed by atoms with Crippen molar-refractivity contribution in [3.63, 3.8) is 0 Å². The summed E-state index contributed by atoms with van der Waals surface area (Å²) in [5.41, 5.74) is -0.452. The summed E-state index contributed by atoms with van der Waals surface area (Å²) in [5.74, 6) is -0.126. The SMILES string of the molecule is CCC1(C)NCC(C)OC1=O. The number of nitrogens with one attached hydrogen (secondary N) is 1. The van der Waals surface area contributed by atoms with Crippen molar-refractivity contribution in [2.75, 3.05) is 6.54 Å². The van der Waals surface area contributed by atoms with E-state index in [1.165, 1.54) is 0 Å². The summed E-state index contributed by atoms with van der Waals surface area (Å²) >= 11 is 0. The van der Waals surface area contributed by atoms with Crippen LogP contribution in [0.5, 0.6) is 0 Å². The predicted octanol–water partition coefficient (Wildman–Crippen LogP) is 0.690. The average molecular weight is 157 g/mol. The first-order valence-corrected chi connectivity index (χ1v) is 4.04. The Morgan fingerprint density at radius 2 is 2.45 bits per heavy atom. The molecule has 1 rings (SSSR count). The van der Waals surface area contributed by atoms with Crippen molar-refractivity contribution in [3.8, 4) is 0 Å². The lowest BCUT2D eigenvalue weighted by Crippen LogP contribution is -2.57. The number of rotatable bonds is 1. The Kier molecular flexibility index (Phi) is 2.18. The van der Waals surface area contributed by atoms with E-state index in [1.807, 2.05) is 20.8 Å². The van der Waals surface area contributed by atoms with Gasteiger partial charge in [-0.05, 0) is 20.3 Å². The van der Waals surface area contributed by atoms with Gasteiger partial charge in [0, 0.05) is 6.54 Å². The third-order valence-corrected chi connectivity index (χ3v) is 2.25. The first-order chi connectivity index (χ1) is 5.08. The van der Waals surface area contributed by atoms with Crippen LogP contribution in [0.15, 0.2) is 0 Å². The maximum absolute atomic E-state index is 11.3. The Bertz CT molecular complexity index is 169. The Morgan fingerprint density at radius 3 is 2.91 bits per heavy atom. The van der Waals surface area contributed by atoms with Gasteiger partial charge in [0.15, 0.2) is 0 Å². The molecule has 1 fully saturated rings. The van der Waals surface area contributed by atoms with Gasteiger partial charge in [-0.3, -0.25) is 10.1 Å². The second-order valence-corrected chi connectivity index (χ2v) is 3.28. The van der Waals surface area contributed by atoms with Gasteiger partial charge in [-0.15, -0.1) is 0 Å². The fourth-order valence-electron chi connectivity index (χ4n) is 1.06. The van der Waals surface area contributed by atoms with Gasteiger partial charge in [0.2, 0.25) is 0 Å². The maximum atomic E-state index is 11.3. The van der Waals surface area contributed by atoms with E-state index in [-0.39, 0.29) is 12.1 Å². The fourth-order valence-corrected chi connectivity index (χ4v) is 1.06. The Morgan fingerprint density at radius 1 is 1.82 bits per heavy atom. The summed E-state index contributed by atoms with van der Waals surface area (Å²) in [6, 6.07) is 0. The van der Waals surface area contributed by atoms with Crippen LogP contribution in [0.4, 0.5) is 0 Å². The molecule has 0 aliphatic carbocycles. The van der Waals surface area contributed by atoms with Gasteiger partial charge in [0.1, 0.15) is 11.6 Å². The number of carbonyl (C=O) groups is 1. The molecule has 0 saturated carbocycles. The van der Waals surface area contributed by atoms with Crippen LogP contribution in [-0.4, -0.2) is 24.2 Å². The molecule has 0 aromatic carbocycles. The molecule has 3 nitrogen and oxygen atoms in total. The molecule has 1 aliphatic rings. The van der Waals surface area contributed by atoms with Crippen LogP contribution in [0.25, 0.3) is 0 Å². The van der Waals surface area contributed by atoms with Gasteiger partial charge < -0.3 is 4.74 Å². The molecule has 0 aromatic heterocycles. The van der Waals surface area contributed by atoms with Crippen LogP contribution < -0.4 is 5.32 Å². The van der Waals surface area contributed by atoms with Crippen molar-refractivity contribution in [3.05, 3.63) is 0 Å². The zero-order valence-corrected chi connectivity index (χ0v) is 7.31. The Labute approximate surface area is 67.1 Å². The molecule has 0 bridgehead atoms. The standard InChI is InChI=1S/C8H15NO2/c1-4-8(3)7(10)11-6(2)5-9-8/h6,9H,4-5H2,1-3H3. The highest BCUT2D eigenvalue weighted by Gasteiger charge is 2.37. The molecule has 0 amide bonds. The van der Waals surface area contributed by atoms with Gasteiger partial charge >= 0.3 is 5.97 Å². The fraction of sp³-hybridized carbons (Fsp3) is 0.875. The summed E-state index contributed by atoms with van der Waals surface area (Å²) in [7, 11) is 0. The molecule has 1 heterocycles. The van der Waals surface area contributed by atoms with Crippen molar-refractivity contribution in [1.82, 2.24) is 5.32 Å². The molecule has 0 spiro atoms. The summed E-state index contributed by atoms with van der Waals surface area (Å²) in [5, 5.41) is 3.17. The van der Waals surface area contributed by atoms with Crippen LogP contribution >= 0.6 is 0 Å². The van der Waals surface area contributed by atoms with Crippen LogP contribution in [0, 0.1) is 0 Å². The molecule has 2 unspecified atom stereocenters. The van der Waals surface area contributed by atoms with Crippen molar-refractivity contribution in [2.45, 2.75) is 38.8 Å². The predicted molar refractivity (Wildman–Crippen MR) is 42.3 cm³/mol. The summed E-state index contributed by atoms with van der Waals surface area (Å²) < 4.78 is 5.09. The average Bonchev–Trinajstić information content (AvgIpc) is 1.98. The molecular weight excluding hydrogens is 142 g/mol. The third kappa shape index (κ3) is 1.53. The van der Waals surface area contributed by atoms with Crippen molar-refractivity contribution in [1.29, 1.82) is 0 Å². The van der Waals surface area contributed by atoms with E-state index in [2.05, 4.69) is 5.32 Å². The van der Waals surface area contributed by atoms with E-state index < -0.39 is 5.54 Å². The Hall–Kier alpha value is -0.570. The molecule has 1 saturated heterocycles. The summed E-state index contributed by atoms with van der Waals surface area (Å²) in [6.45, 7) is 6.50. The van der Waals surface area contributed by atoms with E-state index in [0.717, 1.165) is 13.0 Å². The van der Waals surface area contributed by atoms with E-state index in [1.54, 1.807) is 0 Å². The molecule has 11 heavy (non-hydrogen) atoms. The zero-order chi connectivity index (χ0) is 8.48. The highest BCUT2D eigenvalue weighted by Crippen LogP contribution is 2.16. The molecule has 1 N–H and O–H groups in total. The number of morpholine rings is 1. The largest absolute Gasteiger partial charge is 0.460 e. The molecule has 2 atom stereocenters. The molecule has 3 heteroatoms. The van der Waals surface area contributed by atoms with E-state index in [9.17, 15) is 4.79 Å². The zero-order valence-electron chi connectivity index (χ0n) is 7.31. The quantitative estimate of drug-likeness (QED) is 0.569. The van der Waals surface area contributed by atoms with Gasteiger partial charge in [-0.1, -0.05) is 6.92 Å². The second kappa shape index (κ2) is 2.81. The lowest BCUT2D eigenvalue weighted by Gasteiger charge is -2.34. The first-order valence-electron chi connectivity index (χ1n) is 4.04. The van der Waals surface area contributed by atoms with E-state index in [4.69, 9.17) is 4.74 Å². The van der Waals surface area contributed by atoms with Crippen LogP contribution in [0.2, 0.25) is 0 Å². The molecule has 0 aromatic rings. The lowest BCUT2D eigenvalue weighted by molar-refractivity contribution is -0.161. The van der Waals surface area contributed by atoms with Gasteiger partial charge in [0.05, 0.1) is 0 Å². The summed E-state index contributed by atoms with van der Waals surface area (Å²) in [6.07, 6.45) is 0.792. The topological polar surface area (TPSA) is 38.3 Å². The highest BCUT2D eigenvalue weighted by atomic mass is 16.5. The molecule has 0 radical (unpaired) electrons. The van der Waals surface area contributed by atoms with Crippen LogP contribution in [0.1, 0.15) is 27.2 Å². The normalized spacial score (nSPS) is 38.5. The monoisotopic (exact) mass is 157 g/mol. The minimum absolute atomic E-state index is 0.0159. The number of esters is 1. The van der Waals surface area contributed by atoms with Crippen molar-refractivity contribution in [2.24, 2.45) is 0 Å². The number of hydrogen-bond acceptors (Lipinski definition) is 3. The first kappa shape index (κ1) is 8.53. The maximum Gasteiger partial charge on any atom is 0.326 e. The van der Waals surface area contributed by atoms with Gasteiger partial charge in [-0.2, -0.15) is 0 Å². The van der Waals surface area contributed by atoms with Crippen LogP contribution in [-0.2, 0) is 9.53 Å². The number of carbonyl (C=O) groups excluding carboxylic acids is 1. The minimum Gasteiger partial charge on any atom is -0.460 e. The highest BCUT2D eigenvalue weighted by molar-refractivity contribution is 5.81. The van der Waals surface area contributed by atoms with Crippen LogP contribution in [0.3, 0.4) is 0 Å². The lowest BCUT2D eigenvalue weighted by atomic mass is 9.97. The molecular formula is C8H15NO2. The van der Waals surface area contributed by atoms with Gasteiger partial charge in [-0.25, -0.2) is 0 Å². The number of hydrogen-bond donors (Lipinski definition) is 1. The van der Waals surface area contributed by atoms with Crippen molar-refractivity contribution < 1.29 is 9.53 Å². The third-order valence-electron chi connectivity index (χ3n) is 2.25.